The van der Waals surface area contributed by atoms with E-state index in [-0.39, 0.29) is 105 Å². The Labute approximate surface area is 631 Å². The summed E-state index contributed by atoms with van der Waals surface area (Å²) in [6.07, 6.45) is 0.728. The van der Waals surface area contributed by atoms with Gasteiger partial charge in [-0.2, -0.15) is 0 Å². The minimum absolute atomic E-state index is 0.0746. The average molecular weight is 1600 g/mol. The summed E-state index contributed by atoms with van der Waals surface area (Å²) in [7, 11) is -10.4. The molecule has 30 nitrogen and oxygen atoms in total. The van der Waals surface area contributed by atoms with E-state index in [1.165, 1.54) is 112 Å². The third-order valence-corrected chi connectivity index (χ3v) is 21.7. The maximum atomic E-state index is 12.8. The van der Waals surface area contributed by atoms with Crippen LogP contribution in [0.4, 0.5) is 65.6 Å². The van der Waals surface area contributed by atoms with Crippen LogP contribution in [0.5, 0.6) is 0 Å². The first kappa shape index (κ1) is 84.7. The largest absolute Gasteiger partial charge is 0.494 e. The second kappa shape index (κ2) is 32.9. The smallest absolute Gasteiger partial charge is 0.446 e. The molecule has 4 aliphatic rings. The topological polar surface area (TPSA) is 383 Å². The summed E-state index contributed by atoms with van der Waals surface area (Å²) in [5.74, 6) is -0.729. The first-order chi connectivity index (χ1) is 49.4. The fourth-order valence-corrected chi connectivity index (χ4v) is 14.5. The summed E-state index contributed by atoms with van der Waals surface area (Å²) in [5, 5.41) is 23.1. The van der Waals surface area contributed by atoms with Crippen LogP contribution in [0.15, 0.2) is 128 Å². The minimum atomic E-state index is -3.44. The Morgan fingerprint density at radius 2 is 0.776 bits per heavy atom. The Morgan fingerprint density at radius 3 is 1.08 bits per heavy atom. The van der Waals surface area contributed by atoms with Crippen LogP contribution in [-0.2, 0) is 67.4 Å². The molecular formula is C72H89BBrN9O21S3. The van der Waals surface area contributed by atoms with Crippen LogP contribution in [0, 0.1) is 20.2 Å². The van der Waals surface area contributed by atoms with Crippen LogP contribution in [0.3, 0.4) is 0 Å². The van der Waals surface area contributed by atoms with E-state index >= 15 is 0 Å². The van der Waals surface area contributed by atoms with Gasteiger partial charge in [0.05, 0.1) is 116 Å². The molecule has 3 atom stereocenters. The standard InChI is InChI=1S/C22H25N3O7S.C22H27N3O5S.C15H18BrN3O5.C13H19BO4S/c1-13(2)32-22(27)23-12-14(3)24(15(4)26)21-11-19(25(28)29)18(10-20(21)23)16-6-8-17(9-7-16)33(5,30)31;1-13(2)30-22(27)24-12-14(3)25(15(4)26)21-11-19(23)18(10-20(21)24)16-6-8-17(9-7-16)31(5,28)29;1-8(2)24-15(21)17-7-9(3)18(10(4)20)14-6-12(19(22)23)11(16)5-13(14)17;1-12(2)13(3,4)18-14(17-12)10-6-8-11(9-7-10)19(5,15)16/h6-11,13-14H,12H2,1-5H3;6-11,13-14H,12,23H2,1-5H3;5-6,8-9H,7H2,1-4H3;6-9H,1-5H3/t2*14-;9-;/m000./s1. The highest BCUT2D eigenvalue weighted by Gasteiger charge is 2.52. The van der Waals surface area contributed by atoms with Crippen LogP contribution in [0.25, 0.3) is 22.3 Å². The molecule has 4 aliphatic heterocycles. The lowest BCUT2D eigenvalue weighted by Gasteiger charge is -2.40. The normalized spacial score (nSPS) is 17.2. The molecule has 6 amide bonds. The number of anilines is 7. The van der Waals surface area contributed by atoms with Crippen LogP contribution in [-0.4, -0.2) is 164 Å². The van der Waals surface area contributed by atoms with E-state index in [0.717, 1.165) is 18.0 Å². The predicted octanol–water partition coefficient (Wildman–Crippen LogP) is 12.1. The van der Waals surface area contributed by atoms with Gasteiger partial charge in [0.1, 0.15) is 0 Å². The van der Waals surface area contributed by atoms with Gasteiger partial charge in [0.25, 0.3) is 11.4 Å². The van der Waals surface area contributed by atoms with Crippen molar-refractivity contribution < 1.29 is 87.4 Å². The van der Waals surface area contributed by atoms with E-state index in [2.05, 4.69) is 15.9 Å². The lowest BCUT2D eigenvalue weighted by atomic mass is 9.79. The number of rotatable bonds is 11. The Kier molecular flexibility index (Phi) is 26.0. The third-order valence-electron chi connectivity index (χ3n) is 17.7. The zero-order valence-corrected chi connectivity index (χ0v) is 66.9. The van der Waals surface area contributed by atoms with Gasteiger partial charge in [-0.3, -0.25) is 49.3 Å². The first-order valence-electron chi connectivity index (χ1n) is 33.7. The summed E-state index contributed by atoms with van der Waals surface area (Å²) in [6.45, 7) is 28.6. The van der Waals surface area contributed by atoms with Crippen molar-refractivity contribution in [2.45, 2.75) is 173 Å². The van der Waals surface area contributed by atoms with E-state index in [9.17, 15) is 74.2 Å². The molecule has 1 saturated heterocycles. The molecule has 0 aliphatic carbocycles. The summed E-state index contributed by atoms with van der Waals surface area (Å²) in [5.41, 5.74) is 10.5. The van der Waals surface area contributed by atoms with Gasteiger partial charge < -0.3 is 44.0 Å². The van der Waals surface area contributed by atoms with Crippen LogP contribution >= 0.6 is 15.9 Å². The fourth-order valence-electron chi connectivity index (χ4n) is 12.1. The fraction of sp³-hybridized carbons (Fsp3) is 0.417. The van der Waals surface area contributed by atoms with Crippen molar-refractivity contribution in [3.63, 3.8) is 0 Å². The van der Waals surface area contributed by atoms with Gasteiger partial charge in [0.2, 0.25) is 17.7 Å². The van der Waals surface area contributed by atoms with Gasteiger partial charge in [-0.1, -0.05) is 36.4 Å². The molecule has 0 saturated carbocycles. The number of nitro benzene ring substituents is 2. The number of nitrogens with two attached hydrogens (primary N) is 1. The number of hydrogen-bond donors (Lipinski definition) is 1. The van der Waals surface area contributed by atoms with E-state index in [1.54, 1.807) is 109 Å². The zero-order valence-electron chi connectivity index (χ0n) is 62.9. The van der Waals surface area contributed by atoms with Crippen molar-refractivity contribution >= 4 is 145 Å². The Hall–Kier alpha value is -9.55. The molecule has 35 heteroatoms. The maximum Gasteiger partial charge on any atom is 0.494 e. The second-order valence-corrected chi connectivity index (χ2v) is 34.9. The monoisotopic (exact) mass is 1600 g/mol. The summed E-state index contributed by atoms with van der Waals surface area (Å²) in [6, 6.07) is 26.5. The number of carbonyl (C=O) groups excluding carboxylic acids is 6. The number of amides is 6. The molecule has 4 heterocycles. The van der Waals surface area contributed by atoms with Crippen molar-refractivity contribution in [1.29, 1.82) is 0 Å². The molecule has 0 radical (unpaired) electrons. The molecule has 6 aromatic rings. The highest BCUT2D eigenvalue weighted by molar-refractivity contribution is 9.10. The van der Waals surface area contributed by atoms with Gasteiger partial charge in [-0.15, -0.1) is 0 Å². The SMILES string of the molecule is CC(=O)N1c2cc(N)c(-c3ccc(S(C)(=O)=O)cc3)cc2N(C(=O)OC(C)C)C[C@@H]1C.CC(=O)N1c2cc([N+](=O)[O-])c(-c3ccc(S(C)(=O)=O)cc3)cc2N(C(=O)OC(C)C)C[C@@H]1C.CC(=O)N1c2cc([N+](=O)[O-])c(Br)cc2N(C(=O)OC(C)C)C[C@@H]1C.CC1(C)OB(c2ccc(S(C)(=O)=O)cc2)OC1(C)C. The van der Waals surface area contributed by atoms with E-state index < -0.39 is 82.0 Å². The molecule has 576 valence electrons. The Morgan fingerprint density at radius 1 is 0.486 bits per heavy atom. The van der Waals surface area contributed by atoms with Crippen molar-refractivity contribution in [3.05, 3.63) is 134 Å². The average Bonchev–Trinajstić information content (AvgIpc) is 1.56. The quantitative estimate of drug-likeness (QED) is 0.0414. The number of nitrogens with zero attached hydrogens (tertiary/aromatic N) is 8. The Bertz CT molecular complexity index is 4800. The number of nitro groups is 2. The van der Waals surface area contributed by atoms with Crippen molar-refractivity contribution in [2.75, 3.05) is 73.5 Å². The van der Waals surface area contributed by atoms with Gasteiger partial charge in [0, 0.05) is 82.6 Å². The molecule has 2 N–H and O–H groups in total. The number of benzene rings is 6. The van der Waals surface area contributed by atoms with Crippen LogP contribution in [0.2, 0.25) is 0 Å². The molecule has 1 fully saturated rings. The lowest BCUT2D eigenvalue weighted by Crippen LogP contribution is -2.51. The number of halogens is 1. The van der Waals surface area contributed by atoms with Crippen molar-refractivity contribution in [2.24, 2.45) is 0 Å². The van der Waals surface area contributed by atoms with E-state index in [0.29, 0.717) is 55.7 Å². The highest BCUT2D eigenvalue weighted by Crippen LogP contribution is 2.47. The van der Waals surface area contributed by atoms with Crippen molar-refractivity contribution in [1.82, 2.24) is 0 Å². The lowest BCUT2D eigenvalue weighted by molar-refractivity contribution is -0.385. The van der Waals surface area contributed by atoms with Gasteiger partial charge in [-0.05, 0) is 183 Å². The van der Waals surface area contributed by atoms with Gasteiger partial charge in [-0.25, -0.2) is 39.6 Å². The molecule has 0 bridgehead atoms. The summed E-state index contributed by atoms with van der Waals surface area (Å²) >= 11 is 3.15. The molecule has 6 aromatic carbocycles. The second-order valence-electron chi connectivity index (χ2n) is 28.0. The summed E-state index contributed by atoms with van der Waals surface area (Å²) in [4.78, 5) is 106. The van der Waals surface area contributed by atoms with Crippen LogP contribution in [0.1, 0.15) is 111 Å². The number of carbonyl (C=O) groups is 6. The van der Waals surface area contributed by atoms with E-state index in [4.69, 9.17) is 29.3 Å². The number of nitrogen functional groups attached to an aromatic ring is 1. The molecule has 10 rings (SSSR count). The predicted molar refractivity (Wildman–Crippen MR) is 412 cm³/mol. The number of ether oxygens (including phenoxy) is 3. The minimum Gasteiger partial charge on any atom is -0.446 e. The third kappa shape index (κ3) is 19.6. The molecule has 0 spiro atoms. The van der Waals surface area contributed by atoms with E-state index in [1.807, 2.05) is 34.6 Å². The number of fused-ring (bicyclic) bond motifs is 3. The molecular weight excluding hydrogens is 1510 g/mol. The van der Waals surface area contributed by atoms with Crippen LogP contribution < -0.4 is 40.6 Å². The molecule has 107 heavy (non-hydrogen) atoms. The van der Waals surface area contributed by atoms with Gasteiger partial charge >= 0.3 is 25.4 Å². The first-order valence-corrected chi connectivity index (χ1v) is 40.2. The van der Waals surface area contributed by atoms with Crippen molar-refractivity contribution in [3.8, 4) is 22.3 Å². The maximum absolute atomic E-state index is 12.8. The number of hydrogen-bond acceptors (Lipinski definition) is 22. The zero-order chi connectivity index (χ0) is 80.4. The Balaban J connectivity index is 0.000000203. The highest BCUT2D eigenvalue weighted by atomic mass is 79.9. The molecule has 0 aromatic heterocycles. The summed E-state index contributed by atoms with van der Waals surface area (Å²) < 4.78 is 97.9. The van der Waals surface area contributed by atoms with Gasteiger partial charge in [0.15, 0.2) is 29.5 Å². The molecule has 0 unspecified atom stereocenters. The number of sulfone groups is 3.